The van der Waals surface area contributed by atoms with Crippen LogP contribution in [0.1, 0.15) is 19.3 Å². The van der Waals surface area contributed by atoms with E-state index in [1.54, 1.807) is 12.2 Å². The molecule has 1 fully saturated rings. The maximum absolute atomic E-state index is 12.7. The Labute approximate surface area is 104 Å². The quantitative estimate of drug-likeness (QED) is 0.686. The number of halogens is 3. The summed E-state index contributed by atoms with van der Waals surface area (Å²) in [6.07, 6.45) is 6.20. The summed E-state index contributed by atoms with van der Waals surface area (Å²) in [5.41, 5.74) is 0.715. The van der Waals surface area contributed by atoms with Crippen molar-refractivity contribution in [3.8, 4) is 0 Å². The molecular formula is C14H15F3O. The van der Waals surface area contributed by atoms with Crippen LogP contribution >= 0.6 is 0 Å². The van der Waals surface area contributed by atoms with Crippen LogP contribution in [-0.4, -0.2) is 12.5 Å². The molecule has 1 saturated carbocycles. The molecule has 0 aromatic carbocycles. The highest BCUT2D eigenvalue weighted by Gasteiger charge is 2.37. The molecule has 0 radical (unpaired) electrons. The van der Waals surface area contributed by atoms with Crippen LogP contribution in [0.4, 0.5) is 13.2 Å². The molecule has 18 heavy (non-hydrogen) atoms. The van der Waals surface area contributed by atoms with Crippen molar-refractivity contribution in [1.29, 1.82) is 0 Å². The Morgan fingerprint density at radius 2 is 2.00 bits per heavy atom. The van der Waals surface area contributed by atoms with E-state index >= 15 is 0 Å². The lowest BCUT2D eigenvalue weighted by molar-refractivity contribution is -0.149. The standard InChI is InChI=1S/C14H15F3O/c15-14(16,17)13-4-2-1-3-11(8-13)12-6-5-10(7-12)9-18/h1-4,8-10,12-13H,5-7H2. The number of hydrogen-bond donors (Lipinski definition) is 0. The molecule has 0 amide bonds. The van der Waals surface area contributed by atoms with Crippen LogP contribution in [0, 0.1) is 17.8 Å². The molecule has 4 heteroatoms. The van der Waals surface area contributed by atoms with Crippen LogP contribution in [0.25, 0.3) is 0 Å². The number of hydrogen-bond acceptors (Lipinski definition) is 1. The molecule has 0 saturated heterocycles. The highest BCUT2D eigenvalue weighted by atomic mass is 19.4. The average Bonchev–Trinajstić information content (AvgIpc) is 2.64. The third kappa shape index (κ3) is 2.92. The molecule has 3 atom stereocenters. The van der Waals surface area contributed by atoms with Crippen molar-refractivity contribution < 1.29 is 18.0 Å². The van der Waals surface area contributed by atoms with Gasteiger partial charge in [-0.3, -0.25) is 0 Å². The zero-order valence-corrected chi connectivity index (χ0v) is 9.86. The van der Waals surface area contributed by atoms with E-state index < -0.39 is 12.1 Å². The van der Waals surface area contributed by atoms with E-state index in [1.165, 1.54) is 12.2 Å². The zero-order chi connectivity index (χ0) is 13.2. The fourth-order valence-corrected chi connectivity index (χ4v) is 2.59. The second kappa shape index (κ2) is 5.12. The van der Waals surface area contributed by atoms with E-state index in [4.69, 9.17) is 0 Å². The number of alkyl halides is 3. The SMILES string of the molecule is O=CC1CCC(C2=CC(C(F)(F)F)C=CC=C2)C1. The molecule has 0 spiro atoms. The van der Waals surface area contributed by atoms with Gasteiger partial charge in [-0.2, -0.15) is 13.2 Å². The van der Waals surface area contributed by atoms with Crippen molar-refractivity contribution in [2.75, 3.05) is 0 Å². The molecule has 2 aliphatic carbocycles. The van der Waals surface area contributed by atoms with Crippen LogP contribution in [-0.2, 0) is 4.79 Å². The predicted molar refractivity (Wildman–Crippen MR) is 62.8 cm³/mol. The summed E-state index contributed by atoms with van der Waals surface area (Å²) in [5, 5.41) is 0. The summed E-state index contributed by atoms with van der Waals surface area (Å²) in [5.74, 6) is -1.43. The van der Waals surface area contributed by atoms with Gasteiger partial charge in [-0.15, -0.1) is 0 Å². The summed E-state index contributed by atoms with van der Waals surface area (Å²) < 4.78 is 38.2. The lowest BCUT2D eigenvalue weighted by Gasteiger charge is -2.16. The minimum atomic E-state index is -4.24. The van der Waals surface area contributed by atoms with Gasteiger partial charge in [-0.05, 0) is 30.8 Å². The Kier molecular flexibility index (Phi) is 3.73. The first-order valence-electron chi connectivity index (χ1n) is 6.09. The molecule has 0 aromatic rings. The van der Waals surface area contributed by atoms with Crippen molar-refractivity contribution in [2.24, 2.45) is 17.8 Å². The van der Waals surface area contributed by atoms with Gasteiger partial charge < -0.3 is 4.79 Å². The zero-order valence-electron chi connectivity index (χ0n) is 9.86. The molecule has 0 N–H and O–H groups in total. The van der Waals surface area contributed by atoms with Crippen LogP contribution in [0.15, 0.2) is 36.0 Å². The minimum Gasteiger partial charge on any atom is -0.303 e. The lowest BCUT2D eigenvalue weighted by Crippen LogP contribution is -2.19. The highest BCUT2D eigenvalue weighted by Crippen LogP contribution is 2.38. The largest absolute Gasteiger partial charge is 0.398 e. The highest BCUT2D eigenvalue weighted by molar-refractivity contribution is 5.54. The van der Waals surface area contributed by atoms with Gasteiger partial charge in [-0.25, -0.2) is 0 Å². The fourth-order valence-electron chi connectivity index (χ4n) is 2.59. The van der Waals surface area contributed by atoms with Crippen molar-refractivity contribution in [3.05, 3.63) is 36.0 Å². The van der Waals surface area contributed by atoms with E-state index in [0.29, 0.717) is 12.0 Å². The first kappa shape index (κ1) is 13.1. The Hall–Kier alpha value is -1.32. The number of rotatable bonds is 2. The Balaban J connectivity index is 2.16. The Morgan fingerprint density at radius 3 is 2.61 bits per heavy atom. The second-order valence-corrected chi connectivity index (χ2v) is 4.88. The fraction of sp³-hybridized carbons (Fsp3) is 0.500. The summed E-state index contributed by atoms with van der Waals surface area (Å²) in [4.78, 5) is 10.7. The summed E-state index contributed by atoms with van der Waals surface area (Å²) >= 11 is 0. The van der Waals surface area contributed by atoms with E-state index in [1.807, 2.05) is 0 Å². The number of allylic oxidation sites excluding steroid dienone is 6. The molecule has 0 aliphatic heterocycles. The van der Waals surface area contributed by atoms with Crippen LogP contribution in [0.2, 0.25) is 0 Å². The maximum Gasteiger partial charge on any atom is 0.398 e. The number of carbonyl (C=O) groups excluding carboxylic acids is 1. The van der Waals surface area contributed by atoms with Gasteiger partial charge in [0.1, 0.15) is 6.29 Å². The number of aldehydes is 1. The summed E-state index contributed by atoms with van der Waals surface area (Å²) in [7, 11) is 0. The molecule has 2 rings (SSSR count). The van der Waals surface area contributed by atoms with Gasteiger partial charge in [0.2, 0.25) is 0 Å². The van der Waals surface area contributed by atoms with Crippen LogP contribution in [0.3, 0.4) is 0 Å². The van der Waals surface area contributed by atoms with Crippen molar-refractivity contribution in [1.82, 2.24) is 0 Å². The van der Waals surface area contributed by atoms with Gasteiger partial charge in [0.25, 0.3) is 0 Å². The lowest BCUT2D eigenvalue weighted by atomic mass is 9.93. The Bertz CT molecular complexity index is 404. The molecule has 98 valence electrons. The smallest absolute Gasteiger partial charge is 0.303 e. The summed E-state index contributed by atoms with van der Waals surface area (Å²) in [6, 6.07) is 0. The molecule has 3 unspecified atom stereocenters. The molecular weight excluding hydrogens is 241 g/mol. The number of carbonyl (C=O) groups is 1. The van der Waals surface area contributed by atoms with E-state index in [2.05, 4.69) is 0 Å². The van der Waals surface area contributed by atoms with E-state index in [0.717, 1.165) is 25.2 Å². The van der Waals surface area contributed by atoms with Crippen molar-refractivity contribution in [2.45, 2.75) is 25.4 Å². The van der Waals surface area contributed by atoms with Crippen molar-refractivity contribution >= 4 is 6.29 Å². The third-order valence-corrected chi connectivity index (χ3v) is 3.61. The average molecular weight is 256 g/mol. The second-order valence-electron chi connectivity index (χ2n) is 4.88. The van der Waals surface area contributed by atoms with Gasteiger partial charge in [0.15, 0.2) is 0 Å². The predicted octanol–water partition coefficient (Wildman–Crippen LogP) is 3.83. The van der Waals surface area contributed by atoms with Crippen LogP contribution < -0.4 is 0 Å². The van der Waals surface area contributed by atoms with E-state index in [9.17, 15) is 18.0 Å². The normalized spacial score (nSPS) is 32.2. The first-order valence-corrected chi connectivity index (χ1v) is 6.09. The molecule has 2 aliphatic rings. The molecule has 1 nitrogen and oxygen atoms in total. The van der Waals surface area contributed by atoms with E-state index in [-0.39, 0.29) is 11.8 Å². The van der Waals surface area contributed by atoms with Gasteiger partial charge in [0.05, 0.1) is 5.92 Å². The third-order valence-electron chi connectivity index (χ3n) is 3.61. The minimum absolute atomic E-state index is 0.00449. The van der Waals surface area contributed by atoms with Crippen molar-refractivity contribution in [3.63, 3.8) is 0 Å². The monoisotopic (exact) mass is 256 g/mol. The van der Waals surface area contributed by atoms with Crippen LogP contribution in [0.5, 0.6) is 0 Å². The molecule has 0 bridgehead atoms. The van der Waals surface area contributed by atoms with Gasteiger partial charge >= 0.3 is 6.18 Å². The van der Waals surface area contributed by atoms with Gasteiger partial charge in [-0.1, -0.05) is 30.4 Å². The molecule has 0 heterocycles. The van der Waals surface area contributed by atoms with Gasteiger partial charge in [0, 0.05) is 5.92 Å². The first-order chi connectivity index (χ1) is 8.50. The topological polar surface area (TPSA) is 17.1 Å². The maximum atomic E-state index is 12.7. The Morgan fingerprint density at radius 1 is 1.22 bits per heavy atom. The summed E-state index contributed by atoms with van der Waals surface area (Å²) in [6.45, 7) is 0. The molecule has 0 aromatic heterocycles.